The summed E-state index contributed by atoms with van der Waals surface area (Å²) < 4.78 is 41.6. The van der Waals surface area contributed by atoms with Gasteiger partial charge in [-0.2, -0.15) is 23.3 Å². The SMILES string of the molecule is CCCCn1nc(C(C)(C)C)s/c1=N\C(=O)c1cc(C(F)(F)F)ccc1N(C)N(C)C(=O)O. The zero-order chi connectivity index (χ0) is 25.1. The van der Waals surface area contributed by atoms with E-state index in [0.717, 1.165) is 40.0 Å². The van der Waals surface area contributed by atoms with Gasteiger partial charge in [-0.05, 0) is 24.6 Å². The molecular formula is C21H28F3N5O3S. The van der Waals surface area contributed by atoms with Crippen molar-refractivity contribution in [3.05, 3.63) is 39.1 Å². The zero-order valence-electron chi connectivity index (χ0n) is 19.4. The summed E-state index contributed by atoms with van der Waals surface area (Å²) in [5.41, 5.74) is -1.73. The van der Waals surface area contributed by atoms with E-state index in [-0.39, 0.29) is 21.5 Å². The molecule has 1 aromatic carbocycles. The number of alkyl halides is 3. The molecule has 0 aliphatic carbocycles. The Morgan fingerprint density at radius 2 is 1.85 bits per heavy atom. The third kappa shape index (κ3) is 6.34. The topological polar surface area (TPSA) is 91.0 Å². The molecule has 2 rings (SSSR count). The predicted octanol–water partition coefficient (Wildman–Crippen LogP) is 4.76. The van der Waals surface area contributed by atoms with Crippen molar-refractivity contribution < 1.29 is 27.9 Å². The number of halogens is 3. The van der Waals surface area contributed by atoms with E-state index in [0.29, 0.717) is 12.6 Å². The van der Waals surface area contributed by atoms with Crippen LogP contribution in [0.25, 0.3) is 0 Å². The van der Waals surface area contributed by atoms with Gasteiger partial charge >= 0.3 is 12.3 Å². The Bertz CT molecular complexity index is 1090. The molecule has 12 heteroatoms. The second kappa shape index (κ2) is 9.94. The lowest BCUT2D eigenvalue weighted by Crippen LogP contribution is -2.41. The number of amides is 2. The van der Waals surface area contributed by atoms with Crippen LogP contribution in [0.1, 0.15) is 61.5 Å². The van der Waals surface area contributed by atoms with Gasteiger partial charge in [-0.3, -0.25) is 9.80 Å². The van der Waals surface area contributed by atoms with Crippen molar-refractivity contribution in [1.29, 1.82) is 0 Å². The molecule has 33 heavy (non-hydrogen) atoms. The number of rotatable bonds is 6. The van der Waals surface area contributed by atoms with Gasteiger partial charge in [0.15, 0.2) is 0 Å². The molecular weight excluding hydrogens is 459 g/mol. The van der Waals surface area contributed by atoms with E-state index in [2.05, 4.69) is 10.1 Å². The van der Waals surface area contributed by atoms with Gasteiger partial charge in [-0.15, -0.1) is 0 Å². The number of hydrazine groups is 1. The molecule has 1 N–H and O–H groups in total. The third-order valence-corrected chi connectivity index (χ3v) is 6.18. The lowest BCUT2D eigenvalue weighted by atomic mass is 9.98. The number of carboxylic acid groups (broad SMARTS) is 1. The fourth-order valence-corrected chi connectivity index (χ4v) is 3.74. The molecule has 0 spiro atoms. The first-order valence-electron chi connectivity index (χ1n) is 10.3. The molecule has 0 bridgehead atoms. The molecule has 0 saturated heterocycles. The van der Waals surface area contributed by atoms with Crippen LogP contribution in [0.15, 0.2) is 23.2 Å². The molecule has 2 amide bonds. The zero-order valence-corrected chi connectivity index (χ0v) is 20.2. The van der Waals surface area contributed by atoms with Gasteiger partial charge in [0.1, 0.15) is 5.01 Å². The van der Waals surface area contributed by atoms with Gasteiger partial charge in [0.2, 0.25) is 4.80 Å². The highest BCUT2D eigenvalue weighted by Crippen LogP contribution is 2.33. The van der Waals surface area contributed by atoms with E-state index in [1.807, 2.05) is 27.7 Å². The van der Waals surface area contributed by atoms with E-state index in [1.165, 1.54) is 25.4 Å². The van der Waals surface area contributed by atoms with Gasteiger partial charge in [-0.1, -0.05) is 45.5 Å². The van der Waals surface area contributed by atoms with Crippen LogP contribution in [0.5, 0.6) is 0 Å². The number of nitrogens with zero attached hydrogens (tertiary/aromatic N) is 5. The quantitative estimate of drug-likeness (QED) is 0.593. The fourth-order valence-electron chi connectivity index (χ4n) is 2.75. The second-order valence-corrected chi connectivity index (χ2v) is 9.45. The normalized spacial score (nSPS) is 12.7. The van der Waals surface area contributed by atoms with Gasteiger partial charge < -0.3 is 5.11 Å². The van der Waals surface area contributed by atoms with Crippen LogP contribution >= 0.6 is 11.3 Å². The lowest BCUT2D eigenvalue weighted by Gasteiger charge is -2.29. The Hall–Kier alpha value is -2.89. The molecule has 8 nitrogen and oxygen atoms in total. The minimum absolute atomic E-state index is 0.0256. The van der Waals surface area contributed by atoms with Gasteiger partial charge in [0.25, 0.3) is 5.91 Å². The van der Waals surface area contributed by atoms with Crippen molar-refractivity contribution >= 4 is 29.0 Å². The molecule has 0 saturated carbocycles. The maximum absolute atomic E-state index is 13.3. The van der Waals surface area contributed by atoms with Crippen molar-refractivity contribution in [2.24, 2.45) is 4.99 Å². The van der Waals surface area contributed by atoms with Gasteiger partial charge in [0, 0.05) is 26.1 Å². The smallest absolute Gasteiger partial charge is 0.426 e. The summed E-state index contributed by atoms with van der Waals surface area (Å²) >= 11 is 1.20. The maximum atomic E-state index is 13.3. The van der Waals surface area contributed by atoms with Crippen molar-refractivity contribution in [2.45, 2.75) is 58.7 Å². The van der Waals surface area contributed by atoms with Crippen LogP contribution in [-0.4, -0.2) is 46.0 Å². The minimum atomic E-state index is -4.68. The number of unbranched alkanes of at least 4 members (excludes halogenated alkanes) is 1. The van der Waals surface area contributed by atoms with E-state index in [4.69, 9.17) is 0 Å². The standard InChI is InChI=1S/C21H28F3N5O3S/c1-7-8-11-29-18(33-17(26-29)20(2,3)4)25-16(30)14-12-13(21(22,23)24)9-10-15(14)27(5)28(6)19(31)32/h9-10,12H,7-8,11H2,1-6H3,(H,31,32)/b25-18-. The van der Waals surface area contributed by atoms with E-state index in [1.54, 1.807) is 4.68 Å². The summed E-state index contributed by atoms with van der Waals surface area (Å²) in [6.45, 7) is 8.39. The molecule has 1 heterocycles. The summed E-state index contributed by atoms with van der Waals surface area (Å²) in [7, 11) is 2.54. The Morgan fingerprint density at radius 3 is 2.36 bits per heavy atom. The summed E-state index contributed by atoms with van der Waals surface area (Å²) in [6, 6.07) is 2.54. The second-order valence-electron chi connectivity index (χ2n) is 8.49. The van der Waals surface area contributed by atoms with Crippen LogP contribution in [0.4, 0.5) is 23.7 Å². The predicted molar refractivity (Wildman–Crippen MR) is 119 cm³/mol. The summed E-state index contributed by atoms with van der Waals surface area (Å²) in [5, 5.41) is 16.4. The Morgan fingerprint density at radius 1 is 1.21 bits per heavy atom. The van der Waals surface area contributed by atoms with Crippen LogP contribution < -0.4 is 9.81 Å². The summed E-state index contributed by atoms with van der Waals surface area (Å²) in [4.78, 5) is 28.9. The van der Waals surface area contributed by atoms with E-state index >= 15 is 0 Å². The average Bonchev–Trinajstić information content (AvgIpc) is 3.12. The monoisotopic (exact) mass is 487 g/mol. The van der Waals surface area contributed by atoms with Gasteiger partial charge in [0.05, 0.1) is 16.8 Å². The molecule has 0 aliphatic heterocycles. The number of anilines is 1. The van der Waals surface area contributed by atoms with Crippen LogP contribution in [0.3, 0.4) is 0 Å². The van der Waals surface area contributed by atoms with Crippen LogP contribution in [0, 0.1) is 0 Å². The number of carbonyl (C=O) groups excluding carboxylic acids is 1. The maximum Gasteiger partial charge on any atom is 0.426 e. The Balaban J connectivity index is 2.67. The first-order chi connectivity index (χ1) is 15.2. The Kier molecular flexibility index (Phi) is 7.94. The molecule has 1 aromatic heterocycles. The number of carbonyl (C=O) groups is 2. The fraction of sp³-hybridized carbons (Fsp3) is 0.524. The molecule has 0 fully saturated rings. The third-order valence-electron chi connectivity index (χ3n) is 4.81. The molecule has 0 unspecified atom stereocenters. The van der Waals surface area contributed by atoms with Crippen molar-refractivity contribution in [1.82, 2.24) is 14.8 Å². The molecule has 0 radical (unpaired) electrons. The minimum Gasteiger partial charge on any atom is -0.464 e. The molecule has 2 aromatic rings. The number of hydrogen-bond acceptors (Lipinski definition) is 5. The van der Waals surface area contributed by atoms with Crippen molar-refractivity contribution in [2.75, 3.05) is 19.1 Å². The molecule has 0 atom stereocenters. The molecule has 182 valence electrons. The van der Waals surface area contributed by atoms with E-state index < -0.39 is 23.7 Å². The van der Waals surface area contributed by atoms with Crippen molar-refractivity contribution in [3.63, 3.8) is 0 Å². The number of hydrogen-bond donors (Lipinski definition) is 1. The lowest BCUT2D eigenvalue weighted by molar-refractivity contribution is -0.137. The highest BCUT2D eigenvalue weighted by Gasteiger charge is 2.33. The molecule has 0 aliphatic rings. The highest BCUT2D eigenvalue weighted by molar-refractivity contribution is 7.09. The first-order valence-corrected chi connectivity index (χ1v) is 11.1. The van der Waals surface area contributed by atoms with E-state index in [9.17, 15) is 27.9 Å². The van der Waals surface area contributed by atoms with Crippen LogP contribution in [-0.2, 0) is 18.1 Å². The highest BCUT2D eigenvalue weighted by atomic mass is 32.1. The summed E-state index contributed by atoms with van der Waals surface area (Å²) in [5.74, 6) is -0.920. The number of aromatic nitrogens is 2. The average molecular weight is 488 g/mol. The largest absolute Gasteiger partial charge is 0.464 e. The number of aryl methyl sites for hydroxylation is 1. The Labute approximate surface area is 193 Å². The first kappa shape index (κ1) is 26.4. The van der Waals surface area contributed by atoms with Crippen LogP contribution in [0.2, 0.25) is 0 Å². The summed E-state index contributed by atoms with van der Waals surface area (Å²) in [6.07, 6.45) is -4.36. The van der Waals surface area contributed by atoms with Crippen molar-refractivity contribution in [3.8, 4) is 0 Å². The number of benzene rings is 1. The van der Waals surface area contributed by atoms with Gasteiger partial charge in [-0.25, -0.2) is 14.5 Å².